The summed E-state index contributed by atoms with van der Waals surface area (Å²) in [6.07, 6.45) is 5.31. The highest BCUT2D eigenvalue weighted by molar-refractivity contribution is 5.91. The van der Waals surface area contributed by atoms with Gasteiger partial charge in [-0.15, -0.1) is 0 Å². The van der Waals surface area contributed by atoms with E-state index in [1.165, 1.54) is 31.4 Å². The molecule has 1 N–H and O–H groups in total. The van der Waals surface area contributed by atoms with Crippen LogP contribution in [0.3, 0.4) is 0 Å². The van der Waals surface area contributed by atoms with E-state index in [4.69, 9.17) is 0 Å². The molecule has 1 saturated carbocycles. The van der Waals surface area contributed by atoms with Crippen LogP contribution in [0.5, 0.6) is 0 Å². The van der Waals surface area contributed by atoms with E-state index in [1.807, 2.05) is 0 Å². The fraction of sp³-hybridized carbons (Fsp3) is 0.857. The maximum absolute atomic E-state index is 4.36. The Bertz CT molecular complexity index is 140. The zero-order valence-electron chi connectivity index (χ0n) is 5.56. The molecule has 0 amide bonds. The zero-order valence-corrected chi connectivity index (χ0v) is 5.56. The van der Waals surface area contributed by atoms with Gasteiger partial charge in [0, 0.05) is 11.8 Å². The lowest BCUT2D eigenvalue weighted by Crippen LogP contribution is -2.32. The Morgan fingerprint density at radius 3 is 3.33 bits per heavy atom. The molecule has 1 fully saturated rings. The van der Waals surface area contributed by atoms with E-state index in [0.717, 1.165) is 6.67 Å². The lowest BCUT2D eigenvalue weighted by Gasteiger charge is -2.18. The minimum absolute atomic E-state index is 0.666. The van der Waals surface area contributed by atoms with Gasteiger partial charge in [-0.1, -0.05) is 6.42 Å². The number of rotatable bonds is 0. The van der Waals surface area contributed by atoms with E-state index in [0.29, 0.717) is 6.04 Å². The monoisotopic (exact) mass is 124 g/mol. The molecule has 0 aromatic carbocycles. The van der Waals surface area contributed by atoms with E-state index in [1.54, 1.807) is 0 Å². The SMILES string of the molecule is C1CCC2NCN=C2C1. The minimum atomic E-state index is 0.666. The van der Waals surface area contributed by atoms with E-state index in [9.17, 15) is 0 Å². The lowest BCUT2D eigenvalue weighted by molar-refractivity contribution is 0.554. The summed E-state index contributed by atoms with van der Waals surface area (Å²) in [6.45, 7) is 0.875. The van der Waals surface area contributed by atoms with Crippen molar-refractivity contribution < 1.29 is 0 Å². The maximum atomic E-state index is 4.36. The molecule has 1 aliphatic carbocycles. The van der Waals surface area contributed by atoms with Crippen molar-refractivity contribution in [3.8, 4) is 0 Å². The summed E-state index contributed by atoms with van der Waals surface area (Å²) in [5.74, 6) is 0. The molecule has 0 saturated heterocycles. The third-order valence-corrected chi connectivity index (χ3v) is 2.20. The number of hydrogen-bond acceptors (Lipinski definition) is 2. The van der Waals surface area contributed by atoms with E-state index >= 15 is 0 Å². The first kappa shape index (κ1) is 5.42. The van der Waals surface area contributed by atoms with Gasteiger partial charge in [-0.25, -0.2) is 0 Å². The molecule has 1 aliphatic heterocycles. The van der Waals surface area contributed by atoms with Crippen LogP contribution in [0.2, 0.25) is 0 Å². The average molecular weight is 124 g/mol. The Morgan fingerprint density at radius 2 is 2.44 bits per heavy atom. The van der Waals surface area contributed by atoms with Crippen molar-refractivity contribution in [2.75, 3.05) is 6.67 Å². The molecule has 2 rings (SSSR count). The summed E-state index contributed by atoms with van der Waals surface area (Å²) in [6, 6.07) is 0.666. The van der Waals surface area contributed by atoms with Gasteiger partial charge in [-0.05, 0) is 19.3 Å². The number of hydrogen-bond donors (Lipinski definition) is 1. The molecule has 1 unspecified atom stereocenters. The number of nitrogens with zero attached hydrogens (tertiary/aromatic N) is 1. The van der Waals surface area contributed by atoms with Crippen LogP contribution >= 0.6 is 0 Å². The Morgan fingerprint density at radius 1 is 1.44 bits per heavy atom. The van der Waals surface area contributed by atoms with Gasteiger partial charge in [-0.2, -0.15) is 0 Å². The second-order valence-electron chi connectivity index (χ2n) is 2.81. The highest BCUT2D eigenvalue weighted by Crippen LogP contribution is 2.18. The topological polar surface area (TPSA) is 24.4 Å². The molecule has 2 aliphatic rings. The molecule has 9 heavy (non-hydrogen) atoms. The van der Waals surface area contributed by atoms with Gasteiger partial charge in [0.25, 0.3) is 0 Å². The summed E-state index contributed by atoms with van der Waals surface area (Å²) in [5.41, 5.74) is 1.43. The highest BCUT2D eigenvalue weighted by atomic mass is 15.1. The molecule has 0 spiro atoms. The van der Waals surface area contributed by atoms with Gasteiger partial charge in [-0.3, -0.25) is 10.3 Å². The molecule has 2 heteroatoms. The standard InChI is InChI=1S/C7H12N2/c1-2-4-7-6(3-1)8-5-9-7/h6,8H,1-5H2. The normalized spacial score (nSPS) is 33.8. The van der Waals surface area contributed by atoms with Crippen LogP contribution in [0.25, 0.3) is 0 Å². The summed E-state index contributed by atoms with van der Waals surface area (Å²) in [5, 5.41) is 3.35. The summed E-state index contributed by atoms with van der Waals surface area (Å²) in [4.78, 5) is 4.36. The van der Waals surface area contributed by atoms with E-state index in [2.05, 4.69) is 10.3 Å². The van der Waals surface area contributed by atoms with Crippen molar-refractivity contribution in [2.45, 2.75) is 31.7 Å². The van der Waals surface area contributed by atoms with Crippen LogP contribution in [0, 0.1) is 0 Å². The van der Waals surface area contributed by atoms with Crippen molar-refractivity contribution in [3.05, 3.63) is 0 Å². The zero-order chi connectivity index (χ0) is 6.10. The molecule has 1 atom stereocenters. The fourth-order valence-corrected chi connectivity index (χ4v) is 1.66. The van der Waals surface area contributed by atoms with Gasteiger partial charge in [0.05, 0.1) is 6.67 Å². The Hall–Kier alpha value is -0.370. The van der Waals surface area contributed by atoms with Crippen LogP contribution in [0.1, 0.15) is 25.7 Å². The summed E-state index contributed by atoms with van der Waals surface area (Å²) >= 11 is 0. The molecule has 0 bridgehead atoms. The van der Waals surface area contributed by atoms with Crippen LogP contribution in [0.4, 0.5) is 0 Å². The maximum Gasteiger partial charge on any atom is 0.0889 e. The molecular weight excluding hydrogens is 112 g/mol. The van der Waals surface area contributed by atoms with Crippen molar-refractivity contribution in [2.24, 2.45) is 4.99 Å². The summed E-state index contributed by atoms with van der Waals surface area (Å²) in [7, 11) is 0. The molecular formula is C7H12N2. The quantitative estimate of drug-likeness (QED) is 0.510. The fourth-order valence-electron chi connectivity index (χ4n) is 1.66. The molecule has 1 heterocycles. The van der Waals surface area contributed by atoms with Crippen LogP contribution in [0.15, 0.2) is 4.99 Å². The summed E-state index contributed by atoms with van der Waals surface area (Å²) < 4.78 is 0. The molecule has 50 valence electrons. The predicted octanol–water partition coefficient (Wildman–Crippen LogP) is 0.931. The third kappa shape index (κ3) is 0.874. The first-order valence-corrected chi connectivity index (χ1v) is 3.73. The van der Waals surface area contributed by atoms with Crippen molar-refractivity contribution in [1.29, 1.82) is 0 Å². The van der Waals surface area contributed by atoms with Crippen molar-refractivity contribution >= 4 is 5.71 Å². The second-order valence-corrected chi connectivity index (χ2v) is 2.81. The number of fused-ring (bicyclic) bond motifs is 1. The van der Waals surface area contributed by atoms with E-state index < -0.39 is 0 Å². The Balaban J connectivity index is 2.09. The smallest absolute Gasteiger partial charge is 0.0889 e. The largest absolute Gasteiger partial charge is 0.290 e. The van der Waals surface area contributed by atoms with Crippen molar-refractivity contribution in [3.63, 3.8) is 0 Å². The average Bonchev–Trinajstić information content (AvgIpc) is 2.33. The highest BCUT2D eigenvalue weighted by Gasteiger charge is 2.22. The first-order valence-electron chi connectivity index (χ1n) is 3.73. The van der Waals surface area contributed by atoms with Gasteiger partial charge in [0.2, 0.25) is 0 Å². The number of aliphatic imine (C=N–C) groups is 1. The van der Waals surface area contributed by atoms with Gasteiger partial charge in [0.1, 0.15) is 0 Å². The third-order valence-electron chi connectivity index (χ3n) is 2.20. The Kier molecular flexibility index (Phi) is 1.27. The molecule has 0 aromatic heterocycles. The van der Waals surface area contributed by atoms with Gasteiger partial charge >= 0.3 is 0 Å². The van der Waals surface area contributed by atoms with E-state index in [-0.39, 0.29) is 0 Å². The molecule has 0 radical (unpaired) electrons. The van der Waals surface area contributed by atoms with Crippen molar-refractivity contribution in [1.82, 2.24) is 5.32 Å². The molecule has 0 aromatic rings. The molecule has 2 nitrogen and oxygen atoms in total. The predicted molar refractivity (Wildman–Crippen MR) is 37.7 cm³/mol. The lowest BCUT2D eigenvalue weighted by atomic mass is 9.94. The number of nitrogens with one attached hydrogen (secondary N) is 1. The van der Waals surface area contributed by atoms with Crippen LogP contribution in [-0.2, 0) is 0 Å². The van der Waals surface area contributed by atoms with Gasteiger partial charge in [0.15, 0.2) is 0 Å². The second kappa shape index (κ2) is 2.10. The minimum Gasteiger partial charge on any atom is -0.290 e. The first-order chi connectivity index (χ1) is 4.47. The van der Waals surface area contributed by atoms with Crippen LogP contribution in [-0.4, -0.2) is 18.4 Å². The van der Waals surface area contributed by atoms with Gasteiger partial charge < -0.3 is 0 Å². The van der Waals surface area contributed by atoms with Crippen LogP contribution < -0.4 is 5.32 Å². The Labute approximate surface area is 55.4 Å².